The molecule has 2 aromatic carbocycles. The molecular weight excluding hydrogens is 636 g/mol. The molecule has 0 aliphatic carbocycles. The summed E-state index contributed by atoms with van der Waals surface area (Å²) in [5, 5.41) is 9.32. The zero-order valence-corrected chi connectivity index (χ0v) is 31.2. The molecule has 10 heteroatoms. The minimum absolute atomic E-state index is 0. The van der Waals surface area contributed by atoms with E-state index in [-0.39, 0.29) is 23.2 Å². The van der Waals surface area contributed by atoms with Gasteiger partial charge in [0.2, 0.25) is 0 Å². The Morgan fingerprint density at radius 1 is 0.653 bits per heavy atom. The fraction of sp³-hybridized carbons (Fsp3) is 0.513. The molecule has 2 aromatic rings. The van der Waals surface area contributed by atoms with Crippen molar-refractivity contribution in [1.82, 2.24) is 20.7 Å². The monoisotopic (exact) mass is 692 g/mol. The van der Waals surface area contributed by atoms with Gasteiger partial charge in [-0.3, -0.25) is 0 Å². The number of carbonyl (C=O) groups is 1. The molecule has 2 fully saturated rings. The number of piperidine rings is 2. The maximum atomic E-state index is 13.2. The molecule has 9 nitrogen and oxygen atoms in total. The number of urea groups is 1. The van der Waals surface area contributed by atoms with E-state index in [9.17, 15) is 4.79 Å². The number of likely N-dealkylation sites (tertiary alicyclic amines) is 2. The largest absolute Gasteiger partial charge is 0.497 e. The number of benzene rings is 2. The summed E-state index contributed by atoms with van der Waals surface area (Å²) in [4.78, 5) is 18.2. The van der Waals surface area contributed by atoms with Crippen molar-refractivity contribution in [3.8, 4) is 11.5 Å². The van der Waals surface area contributed by atoms with Crippen molar-refractivity contribution in [3.05, 3.63) is 71.8 Å². The first-order chi connectivity index (χ1) is 23.1. The molecule has 2 saturated heterocycles. The van der Waals surface area contributed by atoms with Gasteiger partial charge < -0.3 is 19.3 Å². The number of nitrogens with one attached hydrogen (secondary N) is 2. The van der Waals surface area contributed by atoms with Crippen LogP contribution in [-0.2, 0) is 0 Å². The van der Waals surface area contributed by atoms with E-state index in [1.807, 2.05) is 72.8 Å². The third-order valence-electron chi connectivity index (χ3n) is 9.18. The van der Waals surface area contributed by atoms with Crippen molar-refractivity contribution in [2.75, 3.05) is 53.5 Å². The van der Waals surface area contributed by atoms with E-state index in [2.05, 4.69) is 58.5 Å². The lowest BCUT2D eigenvalue weighted by Crippen LogP contribution is -2.43. The fourth-order valence-corrected chi connectivity index (χ4v) is 6.37. The number of rotatable bonds is 14. The number of halogens is 1. The van der Waals surface area contributed by atoms with Gasteiger partial charge >= 0.3 is 6.03 Å². The number of ether oxygens (including phenoxy) is 2. The molecule has 49 heavy (non-hydrogen) atoms. The van der Waals surface area contributed by atoms with E-state index >= 15 is 0 Å². The summed E-state index contributed by atoms with van der Waals surface area (Å²) < 4.78 is 10.6. The first kappa shape index (κ1) is 39.8. The second-order valence-corrected chi connectivity index (χ2v) is 14.2. The number of hydrogen-bond acceptors (Lipinski definition) is 7. The normalized spacial score (nSPS) is 17.2. The van der Waals surface area contributed by atoms with Gasteiger partial charge in [-0.25, -0.2) is 15.6 Å². The predicted octanol–water partition coefficient (Wildman–Crippen LogP) is 7.89. The molecule has 2 aliphatic rings. The molecule has 268 valence electrons. The molecule has 2 N–H and O–H groups in total. The Hall–Kier alpha value is -3.66. The molecule has 0 atom stereocenters. The molecule has 0 radical (unpaired) electrons. The van der Waals surface area contributed by atoms with Crippen LogP contribution in [0.2, 0.25) is 0 Å². The third kappa shape index (κ3) is 13.0. The fourth-order valence-electron chi connectivity index (χ4n) is 6.37. The summed E-state index contributed by atoms with van der Waals surface area (Å²) in [5.41, 5.74) is 8.50. The maximum absolute atomic E-state index is 13.2. The van der Waals surface area contributed by atoms with Gasteiger partial charge in [0, 0.05) is 23.9 Å². The highest BCUT2D eigenvalue weighted by molar-refractivity contribution is 6.03. The van der Waals surface area contributed by atoms with Gasteiger partial charge in [0.25, 0.3) is 0 Å². The van der Waals surface area contributed by atoms with Gasteiger partial charge in [-0.15, -0.1) is 12.4 Å². The van der Waals surface area contributed by atoms with Crippen LogP contribution in [0.5, 0.6) is 11.5 Å². The van der Waals surface area contributed by atoms with E-state index in [4.69, 9.17) is 9.47 Å². The van der Waals surface area contributed by atoms with Crippen molar-refractivity contribution >= 4 is 42.0 Å². The van der Waals surface area contributed by atoms with Gasteiger partial charge in [0.05, 0.1) is 25.6 Å². The van der Waals surface area contributed by atoms with Crippen molar-refractivity contribution in [2.45, 2.75) is 66.2 Å². The molecule has 2 heterocycles. The number of methoxy groups -OCH3 is 2. The van der Waals surface area contributed by atoms with Crippen molar-refractivity contribution in [2.24, 2.45) is 21.0 Å². The van der Waals surface area contributed by atoms with E-state index in [1.165, 1.54) is 38.5 Å². The smallest absolute Gasteiger partial charge is 0.355 e. The average Bonchev–Trinajstić information content (AvgIpc) is 3.09. The Morgan fingerprint density at radius 3 is 1.33 bits per heavy atom. The lowest BCUT2D eigenvalue weighted by Gasteiger charge is -2.35. The molecule has 0 unspecified atom stereocenters. The summed E-state index contributed by atoms with van der Waals surface area (Å²) in [6.07, 6.45) is 15.5. The van der Waals surface area contributed by atoms with Crippen molar-refractivity contribution in [3.63, 3.8) is 0 Å². The summed E-state index contributed by atoms with van der Waals surface area (Å²) >= 11 is 0. The van der Waals surface area contributed by atoms with Crippen LogP contribution < -0.4 is 20.3 Å². The first-order valence-electron chi connectivity index (χ1n) is 17.4. The molecule has 0 saturated carbocycles. The zero-order valence-electron chi connectivity index (χ0n) is 30.3. The van der Waals surface area contributed by atoms with Crippen LogP contribution >= 0.6 is 12.4 Å². The van der Waals surface area contributed by atoms with Crippen LogP contribution in [0.25, 0.3) is 12.2 Å². The molecule has 0 bridgehead atoms. The highest BCUT2D eigenvalue weighted by Gasteiger charge is 2.29. The Balaban J connectivity index is 0.00000650. The lowest BCUT2D eigenvalue weighted by molar-refractivity contribution is 0.186. The van der Waals surface area contributed by atoms with Gasteiger partial charge in [0.1, 0.15) is 11.5 Å². The van der Waals surface area contributed by atoms with E-state index in [0.29, 0.717) is 0 Å². The summed E-state index contributed by atoms with van der Waals surface area (Å²) in [7, 11) is 3.32. The Kier molecular flexibility index (Phi) is 15.8. The standard InChI is InChI=1S/C39H56N6O3.ClH/c1-38(2,29-44-25-9-7-10-26-44)35(23-17-31-13-19-33(47-5)20-14-31)40-42-37(46)43-41-36(24-18-32-15-21-34(48-6)22-16-32)39(3,4)30-45-27-11-8-12-28-45;/h13-24H,7-12,25-30H2,1-6H3,(H2,42,43,46);1H/b23-17+,24-18+,40-35+,41-36+;. The quantitative estimate of drug-likeness (QED) is 0.155. The number of nitrogens with zero attached hydrogens (tertiary/aromatic N) is 4. The minimum atomic E-state index is -0.483. The van der Waals surface area contributed by atoms with Crippen LogP contribution in [0.3, 0.4) is 0 Å². The van der Waals surface area contributed by atoms with E-state index in [1.54, 1.807) is 14.2 Å². The zero-order chi connectivity index (χ0) is 34.4. The summed E-state index contributed by atoms with van der Waals surface area (Å²) in [6, 6.07) is 15.3. The Bertz CT molecular complexity index is 1310. The molecule has 4 rings (SSSR count). The van der Waals surface area contributed by atoms with Crippen LogP contribution in [0.1, 0.15) is 77.3 Å². The van der Waals surface area contributed by atoms with E-state index in [0.717, 1.165) is 73.3 Å². The SMILES string of the molecule is COc1ccc(/C=C/C(=N\NC(=O)N/N=C(\C=C\c2ccc(OC)cc2)C(C)(C)CN2CCCCC2)C(C)(C)CN2CCCCC2)cc1.Cl. The van der Waals surface area contributed by atoms with Crippen LogP contribution in [0, 0.1) is 10.8 Å². The second-order valence-electron chi connectivity index (χ2n) is 14.2. The highest BCUT2D eigenvalue weighted by Crippen LogP contribution is 2.25. The van der Waals surface area contributed by atoms with Crippen LogP contribution in [-0.4, -0.2) is 80.7 Å². The summed E-state index contributed by atoms with van der Waals surface area (Å²) in [5.74, 6) is 1.62. The molecule has 0 aromatic heterocycles. The molecule has 2 aliphatic heterocycles. The van der Waals surface area contributed by atoms with Crippen LogP contribution in [0.15, 0.2) is 70.9 Å². The van der Waals surface area contributed by atoms with Crippen LogP contribution in [0.4, 0.5) is 4.79 Å². The minimum Gasteiger partial charge on any atom is -0.497 e. The molecular formula is C39H57ClN6O3. The number of amides is 2. The van der Waals surface area contributed by atoms with E-state index < -0.39 is 6.03 Å². The van der Waals surface area contributed by atoms with Crippen molar-refractivity contribution in [1.29, 1.82) is 0 Å². The Morgan fingerprint density at radius 2 is 1.00 bits per heavy atom. The lowest BCUT2D eigenvalue weighted by atomic mass is 9.85. The number of carbonyl (C=O) groups excluding carboxylic acids is 1. The average molecular weight is 693 g/mol. The first-order valence-corrected chi connectivity index (χ1v) is 17.4. The van der Waals surface area contributed by atoms with Crippen molar-refractivity contribution < 1.29 is 14.3 Å². The van der Waals surface area contributed by atoms with Gasteiger partial charge in [0.15, 0.2) is 0 Å². The predicted molar refractivity (Wildman–Crippen MR) is 206 cm³/mol. The van der Waals surface area contributed by atoms with Gasteiger partial charge in [-0.2, -0.15) is 10.2 Å². The molecule has 0 spiro atoms. The van der Waals surface area contributed by atoms with Gasteiger partial charge in [-0.1, -0.05) is 77.0 Å². The highest BCUT2D eigenvalue weighted by atomic mass is 35.5. The van der Waals surface area contributed by atoms with Gasteiger partial charge in [-0.05, 0) is 99.4 Å². The molecule has 2 amide bonds. The third-order valence-corrected chi connectivity index (χ3v) is 9.18. The number of hydrazone groups is 2. The maximum Gasteiger partial charge on any atom is 0.355 e. The topological polar surface area (TPSA) is 90.8 Å². The Labute approximate surface area is 300 Å². The second kappa shape index (κ2) is 19.5. The number of hydrogen-bond donors (Lipinski definition) is 2. The summed E-state index contributed by atoms with van der Waals surface area (Å²) in [6.45, 7) is 14.8. The number of allylic oxidation sites excluding steroid dienone is 2.